The van der Waals surface area contributed by atoms with Crippen LogP contribution in [-0.4, -0.2) is 73.4 Å². The Morgan fingerprint density at radius 1 is 0.452 bits per heavy atom. The van der Waals surface area contributed by atoms with Gasteiger partial charge in [0.2, 0.25) is 5.91 Å². The minimum atomic E-state index is -4.34. The molecule has 0 spiro atoms. The first-order valence-electron chi connectivity index (χ1n) is 32.2. The molecule has 0 heterocycles. The van der Waals surface area contributed by atoms with Crippen LogP contribution < -0.4 is 5.32 Å². The lowest BCUT2D eigenvalue weighted by Gasteiger charge is -2.25. The molecule has 0 rings (SSSR count). The number of aliphatic hydroxyl groups is 1. The number of nitrogens with one attached hydrogen (secondary N) is 1. The Kier molecular flexibility index (Phi) is 54.9. The maximum absolute atomic E-state index is 13.0. The number of hydrogen-bond acceptors (Lipinski definition) is 5. The fraction of sp³-hybridized carbons (Fsp3) is 0.922. The average molecular weight is 1050 g/mol. The molecular formula is C64H128N2O6P+. The molecule has 0 aliphatic carbocycles. The maximum atomic E-state index is 13.0. The van der Waals surface area contributed by atoms with E-state index >= 15 is 0 Å². The number of carbonyl (C=O) groups excluding carboxylic acids is 1. The van der Waals surface area contributed by atoms with Gasteiger partial charge in [0.25, 0.3) is 0 Å². The van der Waals surface area contributed by atoms with Crippen molar-refractivity contribution in [3.63, 3.8) is 0 Å². The number of unbranched alkanes of at least 4 members (excludes halogenated alkanes) is 45. The van der Waals surface area contributed by atoms with E-state index in [0.717, 1.165) is 38.5 Å². The Bertz CT molecular complexity index is 1240. The van der Waals surface area contributed by atoms with Crippen LogP contribution in [0.15, 0.2) is 24.3 Å². The van der Waals surface area contributed by atoms with E-state index in [0.29, 0.717) is 17.4 Å². The number of aliphatic hydroxyl groups excluding tert-OH is 1. The van der Waals surface area contributed by atoms with Crippen LogP contribution in [0.3, 0.4) is 0 Å². The topological polar surface area (TPSA) is 105 Å². The highest BCUT2D eigenvalue weighted by Gasteiger charge is 2.28. The minimum absolute atomic E-state index is 0.0638. The van der Waals surface area contributed by atoms with E-state index in [9.17, 15) is 19.4 Å². The Morgan fingerprint density at radius 2 is 0.740 bits per heavy atom. The molecule has 0 saturated heterocycles. The predicted octanol–water partition coefficient (Wildman–Crippen LogP) is 19.9. The summed E-state index contributed by atoms with van der Waals surface area (Å²) in [4.78, 5) is 23.3. The number of phosphoric acid groups is 1. The SMILES string of the molecule is CCCCCCCCCCCCCC/C=C/C(O)C(COP(=O)(O)OCC[N+](C)(C)C)NC(=O)CCCCCCCCCCCCCCCCCCC/C=C\CCCCCCCCCCCCCCCCCC. The zero-order chi connectivity index (χ0) is 53.5. The molecule has 0 aromatic carbocycles. The lowest BCUT2D eigenvalue weighted by atomic mass is 10.0. The van der Waals surface area contributed by atoms with Gasteiger partial charge in [0.1, 0.15) is 13.2 Å². The first-order chi connectivity index (χ1) is 35.5. The second kappa shape index (κ2) is 55.7. The number of allylic oxidation sites excluding steroid dienone is 3. The first kappa shape index (κ1) is 72.0. The van der Waals surface area contributed by atoms with E-state index in [2.05, 4.69) is 31.3 Å². The summed E-state index contributed by atoms with van der Waals surface area (Å²) in [5.41, 5.74) is 0. The van der Waals surface area contributed by atoms with E-state index < -0.39 is 20.0 Å². The van der Waals surface area contributed by atoms with Crippen molar-refractivity contribution < 1.29 is 32.9 Å². The van der Waals surface area contributed by atoms with Crippen LogP contribution in [0.5, 0.6) is 0 Å². The summed E-state index contributed by atoms with van der Waals surface area (Å²) >= 11 is 0. The van der Waals surface area contributed by atoms with Crippen LogP contribution in [0.1, 0.15) is 328 Å². The number of carbonyl (C=O) groups is 1. The third-order valence-electron chi connectivity index (χ3n) is 14.9. The lowest BCUT2D eigenvalue weighted by Crippen LogP contribution is -2.45. The molecule has 0 fully saturated rings. The van der Waals surface area contributed by atoms with Crippen molar-refractivity contribution in [3.8, 4) is 0 Å². The second-order valence-corrected chi connectivity index (χ2v) is 24.9. The zero-order valence-electron chi connectivity index (χ0n) is 49.7. The Hall–Kier alpha value is -1.02. The molecular weight excluding hydrogens is 924 g/mol. The third kappa shape index (κ3) is 58.5. The normalized spacial score (nSPS) is 13.9. The standard InChI is InChI=1S/C64H127N2O6P/c1-6-8-10-12-14-16-18-20-22-23-24-25-26-27-28-29-30-31-32-33-34-35-36-37-38-39-40-41-42-43-44-46-48-50-52-54-56-58-64(68)65-62(61-72-73(69,70)71-60-59-66(3,4)5)63(67)57-55-53-51-49-47-45-21-19-17-15-13-11-9-7-2/h31-32,55,57,62-63,67H,6-30,33-54,56,58-61H2,1-5H3,(H-,65,68,69,70)/p+1/b32-31-,57-55+. The molecule has 3 unspecified atom stereocenters. The minimum Gasteiger partial charge on any atom is -0.387 e. The maximum Gasteiger partial charge on any atom is 0.472 e. The molecule has 1 amide bonds. The average Bonchev–Trinajstić information content (AvgIpc) is 3.35. The summed E-state index contributed by atoms with van der Waals surface area (Å²) < 4.78 is 23.7. The van der Waals surface area contributed by atoms with Gasteiger partial charge >= 0.3 is 7.82 Å². The molecule has 0 aromatic rings. The smallest absolute Gasteiger partial charge is 0.387 e. The van der Waals surface area contributed by atoms with Gasteiger partial charge in [0.15, 0.2) is 0 Å². The zero-order valence-corrected chi connectivity index (χ0v) is 50.5. The van der Waals surface area contributed by atoms with Gasteiger partial charge in [0, 0.05) is 6.42 Å². The van der Waals surface area contributed by atoms with Gasteiger partial charge in [0.05, 0.1) is 39.9 Å². The molecule has 3 atom stereocenters. The Balaban J connectivity index is 3.91. The fourth-order valence-electron chi connectivity index (χ4n) is 9.86. The molecule has 8 nitrogen and oxygen atoms in total. The molecule has 73 heavy (non-hydrogen) atoms. The van der Waals surface area contributed by atoms with Crippen molar-refractivity contribution in [2.75, 3.05) is 40.9 Å². The number of likely N-dealkylation sites (N-methyl/N-ethyl adjacent to an activating group) is 1. The molecule has 0 aliphatic rings. The van der Waals surface area contributed by atoms with Crippen LogP contribution in [0.4, 0.5) is 0 Å². The van der Waals surface area contributed by atoms with Gasteiger partial charge in [-0.3, -0.25) is 13.8 Å². The molecule has 434 valence electrons. The largest absolute Gasteiger partial charge is 0.472 e. The molecule has 0 aromatic heterocycles. The highest BCUT2D eigenvalue weighted by molar-refractivity contribution is 7.47. The first-order valence-corrected chi connectivity index (χ1v) is 33.7. The molecule has 9 heteroatoms. The Labute approximate surface area is 455 Å². The van der Waals surface area contributed by atoms with Gasteiger partial charge in [-0.2, -0.15) is 0 Å². The van der Waals surface area contributed by atoms with E-state index in [1.165, 1.54) is 270 Å². The number of nitrogens with zero attached hydrogens (tertiary/aromatic N) is 1. The highest BCUT2D eigenvalue weighted by atomic mass is 31.2. The summed E-state index contributed by atoms with van der Waals surface area (Å²) in [5.74, 6) is -0.172. The van der Waals surface area contributed by atoms with Crippen molar-refractivity contribution >= 4 is 13.7 Å². The van der Waals surface area contributed by atoms with Gasteiger partial charge in [-0.1, -0.05) is 301 Å². The van der Waals surface area contributed by atoms with E-state index in [-0.39, 0.29) is 19.1 Å². The van der Waals surface area contributed by atoms with Crippen LogP contribution in [0.2, 0.25) is 0 Å². The van der Waals surface area contributed by atoms with Crippen molar-refractivity contribution in [2.24, 2.45) is 0 Å². The van der Waals surface area contributed by atoms with Crippen LogP contribution in [-0.2, 0) is 18.4 Å². The molecule has 0 aliphatic heterocycles. The van der Waals surface area contributed by atoms with E-state index in [1.807, 2.05) is 27.2 Å². The number of rotatable bonds is 60. The van der Waals surface area contributed by atoms with Crippen molar-refractivity contribution in [1.29, 1.82) is 0 Å². The van der Waals surface area contributed by atoms with Gasteiger partial charge in [-0.15, -0.1) is 0 Å². The second-order valence-electron chi connectivity index (χ2n) is 23.5. The summed E-state index contributed by atoms with van der Waals surface area (Å²) in [6.45, 7) is 4.85. The summed E-state index contributed by atoms with van der Waals surface area (Å²) in [6.07, 6.45) is 71.8. The van der Waals surface area contributed by atoms with Crippen LogP contribution in [0, 0.1) is 0 Å². The molecule has 0 radical (unpaired) electrons. The lowest BCUT2D eigenvalue weighted by molar-refractivity contribution is -0.870. The monoisotopic (exact) mass is 1050 g/mol. The number of hydrogen-bond donors (Lipinski definition) is 3. The predicted molar refractivity (Wildman–Crippen MR) is 318 cm³/mol. The van der Waals surface area contributed by atoms with Gasteiger partial charge in [-0.05, 0) is 44.9 Å². The molecule has 0 bridgehead atoms. The quantitative estimate of drug-likeness (QED) is 0.0243. The highest BCUT2D eigenvalue weighted by Crippen LogP contribution is 2.43. The van der Waals surface area contributed by atoms with Gasteiger partial charge < -0.3 is 19.8 Å². The van der Waals surface area contributed by atoms with Crippen LogP contribution in [0.25, 0.3) is 0 Å². The van der Waals surface area contributed by atoms with Crippen molar-refractivity contribution in [1.82, 2.24) is 5.32 Å². The number of quaternary nitrogens is 1. The molecule has 0 saturated carbocycles. The van der Waals surface area contributed by atoms with E-state index in [1.54, 1.807) is 6.08 Å². The Morgan fingerprint density at radius 3 is 1.05 bits per heavy atom. The summed E-state index contributed by atoms with van der Waals surface area (Å²) in [6, 6.07) is -0.843. The van der Waals surface area contributed by atoms with Crippen LogP contribution >= 0.6 is 7.82 Å². The van der Waals surface area contributed by atoms with E-state index in [4.69, 9.17) is 9.05 Å². The number of phosphoric ester groups is 1. The fourth-order valence-corrected chi connectivity index (χ4v) is 10.6. The molecule has 3 N–H and O–H groups in total. The van der Waals surface area contributed by atoms with Crippen molar-refractivity contribution in [3.05, 3.63) is 24.3 Å². The van der Waals surface area contributed by atoms with Crippen molar-refractivity contribution in [2.45, 2.75) is 341 Å². The van der Waals surface area contributed by atoms with Gasteiger partial charge in [-0.25, -0.2) is 4.57 Å². The summed E-state index contributed by atoms with van der Waals surface area (Å²) in [5, 5.41) is 13.9. The number of amides is 1. The third-order valence-corrected chi connectivity index (χ3v) is 15.9. The summed E-state index contributed by atoms with van der Waals surface area (Å²) in [7, 11) is 1.59.